The summed E-state index contributed by atoms with van der Waals surface area (Å²) in [6.45, 7) is 5.50. The lowest BCUT2D eigenvalue weighted by Crippen LogP contribution is -2.48. The molecule has 3 aliphatic rings. The highest BCUT2D eigenvalue weighted by Crippen LogP contribution is 2.43. The topological polar surface area (TPSA) is 80.6 Å². The Morgan fingerprint density at radius 3 is 2.81 bits per heavy atom. The van der Waals surface area contributed by atoms with E-state index in [2.05, 4.69) is 14.8 Å². The van der Waals surface area contributed by atoms with Gasteiger partial charge in [-0.1, -0.05) is 36.6 Å². The fourth-order valence-electron chi connectivity index (χ4n) is 5.30. The van der Waals surface area contributed by atoms with E-state index in [9.17, 15) is 14.4 Å². The zero-order chi connectivity index (χ0) is 22.1. The van der Waals surface area contributed by atoms with Crippen molar-refractivity contribution < 1.29 is 14.1 Å². The van der Waals surface area contributed by atoms with Crippen LogP contribution < -0.4 is 15.3 Å². The summed E-state index contributed by atoms with van der Waals surface area (Å²) in [5.74, 6) is 0.310. The maximum absolute atomic E-state index is 13.3. The van der Waals surface area contributed by atoms with Gasteiger partial charge in [0.2, 0.25) is 5.43 Å². The molecule has 2 amide bonds. The number of aromatic nitrogens is 1. The monoisotopic (exact) mass is 443 g/mol. The van der Waals surface area contributed by atoms with Crippen molar-refractivity contribution in [2.75, 3.05) is 13.1 Å². The average molecular weight is 443 g/mol. The Morgan fingerprint density at radius 2 is 2.06 bits per heavy atom. The minimum Gasteiger partial charge on any atom is -0.474 e. The van der Waals surface area contributed by atoms with Crippen molar-refractivity contribution >= 4 is 21.3 Å². The van der Waals surface area contributed by atoms with E-state index in [0.29, 0.717) is 24.9 Å². The number of pyridine rings is 1. The smallest absolute Gasteiger partial charge is 0.274 e. The number of nitrogens with one attached hydrogen (secondary N) is 1. The van der Waals surface area contributed by atoms with E-state index >= 15 is 0 Å². The number of nitrogens with zero attached hydrogens (tertiary/aromatic N) is 2. The summed E-state index contributed by atoms with van der Waals surface area (Å²) in [5.41, 5.74) is 0.652. The number of hydrogen-bond acceptors (Lipinski definition) is 4. The number of amides is 2. The van der Waals surface area contributed by atoms with Crippen LogP contribution in [0.4, 0.5) is 0 Å². The number of rotatable bonds is 5. The van der Waals surface area contributed by atoms with Crippen molar-refractivity contribution in [1.82, 2.24) is 14.8 Å². The van der Waals surface area contributed by atoms with E-state index in [0.717, 1.165) is 25.0 Å². The third-order valence-electron chi connectivity index (χ3n) is 6.84. The molecule has 4 atom stereocenters. The van der Waals surface area contributed by atoms with Gasteiger partial charge in [0.25, 0.3) is 11.8 Å². The summed E-state index contributed by atoms with van der Waals surface area (Å²) in [4.78, 5) is 41.1. The van der Waals surface area contributed by atoms with Crippen LogP contribution in [0.15, 0.2) is 34.8 Å². The van der Waals surface area contributed by atoms with Crippen molar-refractivity contribution in [3.05, 3.63) is 51.5 Å². The van der Waals surface area contributed by atoms with E-state index in [-0.39, 0.29) is 29.0 Å². The number of carbonyl (C=O) groups excluding carboxylic acids is 2. The molecule has 1 aromatic rings. The summed E-state index contributed by atoms with van der Waals surface area (Å²) in [5, 5.41) is 2.80. The summed E-state index contributed by atoms with van der Waals surface area (Å²) >= 11 is 0. The molecule has 0 aromatic carbocycles. The summed E-state index contributed by atoms with van der Waals surface area (Å²) in [6, 6.07) is 0.118. The lowest BCUT2D eigenvalue weighted by Gasteiger charge is -2.36. The molecule has 2 unspecified atom stereocenters. The molecule has 1 aromatic heterocycles. The molecule has 2 aliphatic heterocycles. The van der Waals surface area contributed by atoms with Gasteiger partial charge in [0.1, 0.15) is 5.56 Å². The Bertz CT molecular complexity index is 1010. The first-order chi connectivity index (χ1) is 15.0. The van der Waals surface area contributed by atoms with Crippen LogP contribution in [0.5, 0.6) is 5.75 Å². The van der Waals surface area contributed by atoms with E-state index in [1.807, 2.05) is 37.0 Å². The lowest BCUT2D eigenvalue weighted by atomic mass is 9.78. The highest BCUT2D eigenvalue weighted by molar-refractivity contribution is 7.10. The third kappa shape index (κ3) is 3.96. The number of allylic oxidation sites excluding steroid dienone is 3. The minimum absolute atomic E-state index is 0.000486. The van der Waals surface area contributed by atoms with Gasteiger partial charge >= 0.3 is 0 Å². The third-order valence-corrected chi connectivity index (χ3v) is 7.08. The zero-order valence-corrected chi connectivity index (χ0v) is 19.3. The number of fused-ring (bicyclic) bond motifs is 4. The number of hydrogen-bond donors (Lipinski definition) is 1. The van der Waals surface area contributed by atoms with Crippen molar-refractivity contribution in [2.45, 2.75) is 52.1 Å². The zero-order valence-electron chi connectivity index (χ0n) is 18.1. The minimum atomic E-state index is -0.558. The van der Waals surface area contributed by atoms with Crippen molar-refractivity contribution in [3.8, 4) is 5.75 Å². The Labute approximate surface area is 184 Å². The maximum Gasteiger partial charge on any atom is 0.274 e. The van der Waals surface area contributed by atoms with Gasteiger partial charge in [0.05, 0.1) is 15.5 Å². The fraction of sp³-hybridized carbons (Fsp3) is 0.522. The molecule has 1 N–H and O–H groups in total. The molecule has 3 heterocycles. The van der Waals surface area contributed by atoms with E-state index < -0.39 is 11.3 Å². The lowest BCUT2D eigenvalue weighted by molar-refractivity contribution is 0.0629. The van der Waals surface area contributed by atoms with E-state index in [4.69, 9.17) is 4.52 Å². The van der Waals surface area contributed by atoms with Crippen molar-refractivity contribution in [2.24, 2.45) is 11.8 Å². The molecule has 166 valence electrons. The van der Waals surface area contributed by atoms with E-state index in [1.165, 1.54) is 19.0 Å². The fourth-order valence-corrected chi connectivity index (χ4v) is 5.52. The molecule has 2 fully saturated rings. The van der Waals surface area contributed by atoms with Gasteiger partial charge in [-0.3, -0.25) is 14.4 Å². The van der Waals surface area contributed by atoms with E-state index in [1.54, 1.807) is 4.57 Å². The first kappa shape index (κ1) is 21.8. The largest absolute Gasteiger partial charge is 0.474 e. The van der Waals surface area contributed by atoms with Gasteiger partial charge in [-0.25, -0.2) is 0 Å². The second kappa shape index (κ2) is 8.99. The molecule has 0 bridgehead atoms. The van der Waals surface area contributed by atoms with Gasteiger partial charge < -0.3 is 19.3 Å². The first-order valence-electron chi connectivity index (χ1n) is 11.0. The average Bonchev–Trinajstić information content (AvgIpc) is 3.15. The molecule has 7 nitrogen and oxygen atoms in total. The van der Waals surface area contributed by atoms with Gasteiger partial charge in [-0.05, 0) is 38.5 Å². The van der Waals surface area contributed by atoms with Crippen molar-refractivity contribution in [3.63, 3.8) is 0 Å². The molecule has 31 heavy (non-hydrogen) atoms. The maximum atomic E-state index is 13.3. The van der Waals surface area contributed by atoms with Crippen LogP contribution in [0.25, 0.3) is 0 Å². The number of carbonyl (C=O) groups is 2. The molecule has 0 spiro atoms. The van der Waals surface area contributed by atoms with Crippen LogP contribution in [0.3, 0.4) is 0 Å². The Balaban J connectivity index is 1.65. The quantitative estimate of drug-likeness (QED) is 0.561. The molecular formula is C23H30N3O4P. The molecule has 1 aliphatic carbocycles. The van der Waals surface area contributed by atoms with Crippen LogP contribution in [0, 0.1) is 11.8 Å². The normalized spacial score (nSPS) is 25.3. The van der Waals surface area contributed by atoms with Gasteiger partial charge in [-0.2, -0.15) is 0 Å². The van der Waals surface area contributed by atoms with Crippen LogP contribution >= 0.6 is 9.47 Å². The predicted molar refractivity (Wildman–Crippen MR) is 122 cm³/mol. The molecule has 8 heteroatoms. The summed E-state index contributed by atoms with van der Waals surface area (Å²) < 4.78 is 7.05. The molecule has 4 rings (SSSR count). The predicted octanol–water partition coefficient (Wildman–Crippen LogP) is 2.91. The summed E-state index contributed by atoms with van der Waals surface area (Å²) in [6.07, 6.45) is 11.9. The molecule has 1 saturated carbocycles. The molecule has 1 saturated heterocycles. The van der Waals surface area contributed by atoms with Gasteiger partial charge in [0.15, 0.2) is 11.4 Å². The van der Waals surface area contributed by atoms with Crippen LogP contribution in [-0.2, 0) is 6.54 Å². The Hall–Kier alpha value is -2.40. The first-order valence-corrected chi connectivity index (χ1v) is 11.4. The Kier molecular flexibility index (Phi) is 6.33. The second-order valence-corrected chi connectivity index (χ2v) is 9.01. The highest BCUT2D eigenvalue weighted by Gasteiger charge is 2.48. The van der Waals surface area contributed by atoms with Gasteiger partial charge in [-0.15, -0.1) is 0 Å². The SMILES string of the molecule is C/C=C\C=C(/C)CNC(=O)c1cn2c(c(OP)c1=O)C(=O)N1C[C@H]3CCCCC3[C@H]1C2. The molecule has 0 radical (unpaired) electrons. The standard InChI is InChI=1S/C23H30N3O4P/c1-3-4-7-14(2)10-24-22(28)17-12-25-13-18-16-9-6-5-8-15(16)11-26(18)23(29)19(25)21(30-31)20(17)27/h3-4,7,12,15-16,18H,5-6,8-11,13,31H2,1-2H3,(H,24,28)/b4-3-,14-7+/t15-,16?,18-/m1/s1. The van der Waals surface area contributed by atoms with Crippen molar-refractivity contribution in [1.29, 1.82) is 0 Å². The van der Waals surface area contributed by atoms with Gasteiger partial charge in [0, 0.05) is 25.8 Å². The Morgan fingerprint density at radius 1 is 1.29 bits per heavy atom. The highest BCUT2D eigenvalue weighted by atomic mass is 31.0. The van der Waals surface area contributed by atoms with Crippen LogP contribution in [0.1, 0.15) is 60.4 Å². The summed E-state index contributed by atoms with van der Waals surface area (Å²) in [7, 11) is 2.05. The van der Waals surface area contributed by atoms with Crippen LogP contribution in [0.2, 0.25) is 0 Å². The molecular weight excluding hydrogens is 413 g/mol. The van der Waals surface area contributed by atoms with Crippen LogP contribution in [-0.4, -0.2) is 40.4 Å². The second-order valence-electron chi connectivity index (χ2n) is 8.77.